The predicted molar refractivity (Wildman–Crippen MR) is 100 cm³/mol. The van der Waals surface area contributed by atoms with E-state index < -0.39 is 0 Å². The van der Waals surface area contributed by atoms with E-state index in [4.69, 9.17) is 4.74 Å². The Hall–Kier alpha value is -1.54. The second-order valence-corrected chi connectivity index (χ2v) is 7.85. The van der Waals surface area contributed by atoms with Crippen LogP contribution in [0.3, 0.4) is 0 Å². The molecule has 6 nitrogen and oxygen atoms in total. The number of nitrogens with zero attached hydrogens (tertiary/aromatic N) is 1. The normalized spacial score (nSPS) is 29.9. The summed E-state index contributed by atoms with van der Waals surface area (Å²) in [6.07, 6.45) is 4.63. The van der Waals surface area contributed by atoms with Gasteiger partial charge in [0.2, 0.25) is 5.91 Å². The van der Waals surface area contributed by atoms with Gasteiger partial charge in [0.05, 0.1) is 18.1 Å². The molecule has 0 aromatic heterocycles. The molecule has 1 aromatic rings. The summed E-state index contributed by atoms with van der Waals surface area (Å²) < 4.78 is 19.9. The van der Waals surface area contributed by atoms with Gasteiger partial charge in [-0.25, -0.2) is 9.82 Å². The average molecular weight is 376 g/mol. The molecule has 4 rings (SSSR count). The van der Waals surface area contributed by atoms with E-state index in [1.54, 1.807) is 18.2 Å². The molecule has 3 heterocycles. The summed E-state index contributed by atoms with van der Waals surface area (Å²) in [5.74, 6) is -0.593. The van der Waals surface area contributed by atoms with Gasteiger partial charge in [0, 0.05) is 44.4 Å². The second-order valence-electron chi connectivity index (χ2n) is 7.85. The zero-order valence-corrected chi connectivity index (χ0v) is 15.6. The zero-order valence-electron chi connectivity index (χ0n) is 15.6. The maximum Gasteiger partial charge on any atom is 0.226 e. The van der Waals surface area contributed by atoms with Gasteiger partial charge in [0.1, 0.15) is 5.82 Å². The van der Waals surface area contributed by atoms with E-state index in [0.29, 0.717) is 18.2 Å². The van der Waals surface area contributed by atoms with E-state index >= 15 is 0 Å². The van der Waals surface area contributed by atoms with Gasteiger partial charge >= 0.3 is 0 Å². The Kier molecular flexibility index (Phi) is 6.02. The molecule has 0 spiro atoms. The van der Waals surface area contributed by atoms with Crippen LogP contribution in [0.15, 0.2) is 24.3 Å². The lowest BCUT2D eigenvalue weighted by Crippen LogP contribution is -2.48. The van der Waals surface area contributed by atoms with Gasteiger partial charge in [-0.05, 0) is 31.7 Å². The summed E-state index contributed by atoms with van der Waals surface area (Å²) in [4.78, 5) is 15.3. The van der Waals surface area contributed by atoms with Gasteiger partial charge in [0.25, 0.3) is 0 Å². The number of halogens is 1. The van der Waals surface area contributed by atoms with Gasteiger partial charge in [-0.2, -0.15) is 0 Å². The van der Waals surface area contributed by atoms with E-state index in [2.05, 4.69) is 21.1 Å². The fourth-order valence-corrected chi connectivity index (χ4v) is 4.41. The lowest BCUT2D eigenvalue weighted by atomic mass is 9.93. The quantitative estimate of drug-likeness (QED) is 0.724. The number of piperidine rings is 1. The number of hydrogen-bond donors (Lipinski definition) is 3. The van der Waals surface area contributed by atoms with Crippen LogP contribution in [-0.4, -0.2) is 55.7 Å². The van der Waals surface area contributed by atoms with E-state index in [-0.39, 0.29) is 29.7 Å². The smallest absolute Gasteiger partial charge is 0.226 e. The van der Waals surface area contributed by atoms with Crippen molar-refractivity contribution in [3.63, 3.8) is 0 Å². The monoisotopic (exact) mass is 376 g/mol. The van der Waals surface area contributed by atoms with E-state index in [9.17, 15) is 9.18 Å². The molecule has 3 unspecified atom stereocenters. The minimum absolute atomic E-state index is 0.00155. The summed E-state index contributed by atoms with van der Waals surface area (Å²) in [6, 6.07) is 6.50. The molecule has 3 aliphatic heterocycles. The number of benzene rings is 1. The third kappa shape index (κ3) is 4.48. The van der Waals surface area contributed by atoms with Crippen LogP contribution >= 0.6 is 0 Å². The molecule has 27 heavy (non-hydrogen) atoms. The van der Waals surface area contributed by atoms with Crippen LogP contribution in [0.5, 0.6) is 0 Å². The predicted octanol–water partition coefficient (Wildman–Crippen LogP) is 1.35. The number of hydrazine groups is 1. The summed E-state index contributed by atoms with van der Waals surface area (Å²) in [5.41, 5.74) is 6.61. The van der Waals surface area contributed by atoms with Crippen molar-refractivity contribution in [2.75, 3.05) is 32.8 Å². The number of nitrogens with one attached hydrogen (secondary N) is 3. The minimum atomic E-state index is -0.342. The van der Waals surface area contributed by atoms with Crippen LogP contribution in [0, 0.1) is 11.7 Å². The highest BCUT2D eigenvalue weighted by Gasteiger charge is 2.36. The SMILES string of the molecule is O=C(NC1CCN(CC2CCCO2)CC1)C1CNNC1c1ccccc1F. The lowest BCUT2D eigenvalue weighted by Gasteiger charge is -2.34. The van der Waals surface area contributed by atoms with Gasteiger partial charge in [-0.3, -0.25) is 10.2 Å². The third-order valence-electron chi connectivity index (χ3n) is 5.98. The maximum atomic E-state index is 14.1. The van der Waals surface area contributed by atoms with E-state index in [0.717, 1.165) is 45.5 Å². The number of amides is 1. The van der Waals surface area contributed by atoms with Crippen LogP contribution in [0.4, 0.5) is 4.39 Å². The van der Waals surface area contributed by atoms with Gasteiger partial charge < -0.3 is 15.0 Å². The van der Waals surface area contributed by atoms with E-state index in [1.165, 1.54) is 12.5 Å². The minimum Gasteiger partial charge on any atom is -0.377 e. The molecule has 0 radical (unpaired) electrons. The van der Waals surface area contributed by atoms with Gasteiger partial charge in [0.15, 0.2) is 0 Å². The van der Waals surface area contributed by atoms with Crippen molar-refractivity contribution in [1.82, 2.24) is 21.1 Å². The second kappa shape index (κ2) is 8.65. The Bertz CT molecular complexity index is 645. The first-order chi connectivity index (χ1) is 13.2. The number of likely N-dealkylation sites (tertiary alicyclic amines) is 1. The molecule has 3 N–H and O–H groups in total. The fourth-order valence-electron chi connectivity index (χ4n) is 4.41. The Balaban J connectivity index is 1.28. The van der Waals surface area contributed by atoms with Crippen molar-refractivity contribution in [3.05, 3.63) is 35.6 Å². The Morgan fingerprint density at radius 3 is 2.81 bits per heavy atom. The zero-order chi connectivity index (χ0) is 18.6. The molecule has 0 aliphatic carbocycles. The third-order valence-corrected chi connectivity index (χ3v) is 5.98. The maximum absolute atomic E-state index is 14.1. The topological polar surface area (TPSA) is 65.6 Å². The Morgan fingerprint density at radius 1 is 1.26 bits per heavy atom. The summed E-state index contributed by atoms with van der Waals surface area (Å²) >= 11 is 0. The first kappa shape index (κ1) is 18.8. The Morgan fingerprint density at radius 2 is 2.07 bits per heavy atom. The molecule has 7 heteroatoms. The van der Waals surface area contributed by atoms with Crippen LogP contribution < -0.4 is 16.2 Å². The molecule has 3 saturated heterocycles. The molecular weight excluding hydrogens is 347 g/mol. The summed E-state index contributed by atoms with van der Waals surface area (Å²) in [6.45, 7) is 4.38. The molecule has 3 fully saturated rings. The standard InChI is InChI=1S/C20H29FN4O2/c21-18-6-2-1-5-16(18)19-17(12-22-24-19)20(26)23-14-7-9-25(10-8-14)13-15-4-3-11-27-15/h1-2,5-6,14-15,17,19,22,24H,3-4,7-13H2,(H,23,26). The van der Waals surface area contributed by atoms with Crippen molar-refractivity contribution in [1.29, 1.82) is 0 Å². The number of rotatable bonds is 5. The highest BCUT2D eigenvalue weighted by atomic mass is 19.1. The first-order valence-corrected chi connectivity index (χ1v) is 10.1. The fraction of sp³-hybridized carbons (Fsp3) is 0.650. The Labute approximate surface area is 159 Å². The highest BCUT2D eigenvalue weighted by Crippen LogP contribution is 2.27. The number of carbonyl (C=O) groups excluding carboxylic acids is 1. The molecule has 3 atom stereocenters. The largest absolute Gasteiger partial charge is 0.377 e. The number of carbonyl (C=O) groups is 1. The van der Waals surface area contributed by atoms with Crippen molar-refractivity contribution >= 4 is 5.91 Å². The van der Waals surface area contributed by atoms with Gasteiger partial charge in [-0.1, -0.05) is 18.2 Å². The van der Waals surface area contributed by atoms with Crippen LogP contribution in [-0.2, 0) is 9.53 Å². The average Bonchev–Trinajstić information content (AvgIpc) is 3.35. The molecule has 1 aromatic carbocycles. The van der Waals surface area contributed by atoms with Gasteiger partial charge in [-0.15, -0.1) is 0 Å². The molecular formula is C20H29FN4O2. The number of ether oxygens (including phenoxy) is 1. The summed E-state index contributed by atoms with van der Waals surface area (Å²) in [7, 11) is 0. The molecule has 0 bridgehead atoms. The van der Waals surface area contributed by atoms with Crippen molar-refractivity contribution < 1.29 is 13.9 Å². The lowest BCUT2D eigenvalue weighted by molar-refractivity contribution is -0.126. The highest BCUT2D eigenvalue weighted by molar-refractivity contribution is 5.80. The first-order valence-electron chi connectivity index (χ1n) is 10.1. The summed E-state index contributed by atoms with van der Waals surface area (Å²) in [5, 5.41) is 3.19. The van der Waals surface area contributed by atoms with Crippen LogP contribution in [0.2, 0.25) is 0 Å². The van der Waals surface area contributed by atoms with Crippen molar-refractivity contribution in [2.45, 2.75) is 43.9 Å². The van der Waals surface area contributed by atoms with Crippen molar-refractivity contribution in [3.8, 4) is 0 Å². The number of hydrogen-bond acceptors (Lipinski definition) is 5. The van der Waals surface area contributed by atoms with Crippen LogP contribution in [0.1, 0.15) is 37.3 Å². The van der Waals surface area contributed by atoms with Crippen LogP contribution in [0.25, 0.3) is 0 Å². The molecule has 148 valence electrons. The molecule has 0 saturated carbocycles. The molecule has 3 aliphatic rings. The van der Waals surface area contributed by atoms with E-state index in [1.807, 2.05) is 0 Å². The van der Waals surface area contributed by atoms with Crippen molar-refractivity contribution in [2.24, 2.45) is 5.92 Å². The molecule has 1 amide bonds.